The number of rotatable bonds is 2. The first kappa shape index (κ1) is 16.5. The number of carbonyl (C=O) groups is 1. The Balaban J connectivity index is 1.95. The predicted molar refractivity (Wildman–Crippen MR) is 96.8 cm³/mol. The number of methoxy groups -OCH3 is 1. The second kappa shape index (κ2) is 6.73. The number of hydrogen-bond donors (Lipinski definition) is 0. The number of esters is 1. The van der Waals surface area contributed by atoms with Crippen LogP contribution in [0.15, 0.2) is 66.7 Å². The van der Waals surface area contributed by atoms with E-state index < -0.39 is 12.1 Å². The second-order valence-electron chi connectivity index (χ2n) is 6.14. The molecule has 0 amide bonds. The Hall–Kier alpha value is -2.98. The van der Waals surface area contributed by atoms with Crippen molar-refractivity contribution in [1.82, 2.24) is 0 Å². The molecule has 1 aliphatic rings. The maximum absolute atomic E-state index is 14.0. The molecular weight excluding hydrogens is 331 g/mol. The lowest BCUT2D eigenvalue weighted by Crippen LogP contribution is -2.17. The van der Waals surface area contributed by atoms with E-state index in [9.17, 15) is 9.18 Å². The van der Waals surface area contributed by atoms with Gasteiger partial charge in [-0.3, -0.25) is 0 Å². The third-order valence-corrected chi connectivity index (χ3v) is 4.66. The van der Waals surface area contributed by atoms with Gasteiger partial charge in [0.05, 0.1) is 13.7 Å². The highest BCUT2D eigenvalue weighted by Crippen LogP contribution is 2.41. The smallest absolute Gasteiger partial charge is 0.339 e. The summed E-state index contributed by atoms with van der Waals surface area (Å²) in [5.41, 5.74) is 5.11. The van der Waals surface area contributed by atoms with Crippen molar-refractivity contribution in [2.24, 2.45) is 0 Å². The average molecular weight is 348 g/mol. The molecule has 4 heteroatoms. The van der Waals surface area contributed by atoms with Crippen LogP contribution in [0.1, 0.15) is 17.2 Å². The van der Waals surface area contributed by atoms with Crippen LogP contribution in [-0.4, -0.2) is 13.1 Å². The molecule has 1 aliphatic heterocycles. The molecule has 0 N–H and O–H groups in total. The van der Waals surface area contributed by atoms with Gasteiger partial charge in [-0.1, -0.05) is 54.6 Å². The summed E-state index contributed by atoms with van der Waals surface area (Å²) in [6.45, 7) is 0.233. The van der Waals surface area contributed by atoms with Crippen molar-refractivity contribution in [3.8, 4) is 22.3 Å². The average Bonchev–Trinajstić information content (AvgIpc) is 2.85. The number of ether oxygens (including phenoxy) is 2. The van der Waals surface area contributed by atoms with Crippen molar-refractivity contribution in [3.63, 3.8) is 0 Å². The highest BCUT2D eigenvalue weighted by atomic mass is 19.1. The normalized spacial score (nSPS) is 15.5. The molecule has 0 spiro atoms. The van der Waals surface area contributed by atoms with E-state index in [-0.39, 0.29) is 12.4 Å². The van der Waals surface area contributed by atoms with Crippen LogP contribution in [0, 0.1) is 5.82 Å². The maximum atomic E-state index is 14.0. The Kier molecular flexibility index (Phi) is 4.27. The Morgan fingerprint density at radius 1 is 1.00 bits per heavy atom. The van der Waals surface area contributed by atoms with Crippen molar-refractivity contribution in [3.05, 3.63) is 83.7 Å². The molecule has 1 atom stereocenters. The summed E-state index contributed by atoms with van der Waals surface area (Å²) >= 11 is 0. The van der Waals surface area contributed by atoms with Crippen LogP contribution in [0.5, 0.6) is 0 Å². The van der Waals surface area contributed by atoms with E-state index >= 15 is 0 Å². The zero-order valence-electron chi connectivity index (χ0n) is 14.2. The zero-order chi connectivity index (χ0) is 18.1. The van der Waals surface area contributed by atoms with Gasteiger partial charge in [0.1, 0.15) is 5.82 Å². The molecule has 26 heavy (non-hydrogen) atoms. The number of benzene rings is 3. The molecule has 0 bridgehead atoms. The van der Waals surface area contributed by atoms with Crippen molar-refractivity contribution in [2.45, 2.75) is 12.7 Å². The number of carbonyl (C=O) groups excluding carboxylic acids is 1. The van der Waals surface area contributed by atoms with Crippen LogP contribution in [-0.2, 0) is 20.9 Å². The topological polar surface area (TPSA) is 35.5 Å². The summed E-state index contributed by atoms with van der Waals surface area (Å²) in [6.07, 6.45) is -0.883. The SMILES string of the molecule is COC(=O)C1OCc2c(-c3ccccc3)cccc2-c2cc(F)ccc21. The van der Waals surface area contributed by atoms with Crippen molar-refractivity contribution < 1.29 is 18.7 Å². The minimum atomic E-state index is -0.883. The van der Waals surface area contributed by atoms with Crippen LogP contribution in [0.4, 0.5) is 4.39 Å². The molecule has 0 radical (unpaired) electrons. The fourth-order valence-corrected chi connectivity index (χ4v) is 3.43. The monoisotopic (exact) mass is 348 g/mol. The first-order valence-electron chi connectivity index (χ1n) is 8.35. The van der Waals surface area contributed by atoms with E-state index in [0.717, 1.165) is 22.3 Å². The van der Waals surface area contributed by atoms with Gasteiger partial charge in [0.25, 0.3) is 0 Å². The van der Waals surface area contributed by atoms with Crippen LogP contribution < -0.4 is 0 Å². The Labute approximate surface area is 151 Å². The van der Waals surface area contributed by atoms with Crippen molar-refractivity contribution in [1.29, 1.82) is 0 Å². The van der Waals surface area contributed by atoms with Crippen molar-refractivity contribution >= 4 is 5.97 Å². The summed E-state index contributed by atoms with van der Waals surface area (Å²) in [5, 5.41) is 0. The molecule has 0 saturated carbocycles. The van der Waals surface area contributed by atoms with Crippen LogP contribution >= 0.6 is 0 Å². The molecule has 3 nitrogen and oxygen atoms in total. The van der Waals surface area contributed by atoms with Crippen LogP contribution in [0.3, 0.4) is 0 Å². The third kappa shape index (κ3) is 2.78. The lowest BCUT2D eigenvalue weighted by Gasteiger charge is -2.15. The predicted octanol–water partition coefficient (Wildman–Crippen LogP) is 4.90. The quantitative estimate of drug-likeness (QED) is 0.618. The summed E-state index contributed by atoms with van der Waals surface area (Å²) in [6, 6.07) is 20.2. The lowest BCUT2D eigenvalue weighted by atomic mass is 9.90. The molecule has 4 rings (SSSR count). The Bertz CT molecular complexity index is 966. The van der Waals surface area contributed by atoms with Crippen LogP contribution in [0.25, 0.3) is 22.3 Å². The molecule has 0 aromatic heterocycles. The van der Waals surface area contributed by atoms with Gasteiger partial charge < -0.3 is 9.47 Å². The minimum absolute atomic E-state index is 0.233. The van der Waals surface area contributed by atoms with Gasteiger partial charge in [0.2, 0.25) is 0 Å². The van der Waals surface area contributed by atoms with E-state index in [1.807, 2.05) is 48.5 Å². The van der Waals surface area contributed by atoms with E-state index in [4.69, 9.17) is 9.47 Å². The molecule has 0 saturated heterocycles. The molecule has 3 aromatic rings. The largest absolute Gasteiger partial charge is 0.467 e. The Morgan fingerprint density at radius 3 is 2.54 bits per heavy atom. The Morgan fingerprint density at radius 2 is 1.77 bits per heavy atom. The molecule has 1 unspecified atom stereocenters. The first-order chi connectivity index (χ1) is 12.7. The second-order valence-corrected chi connectivity index (χ2v) is 6.14. The van der Waals surface area contributed by atoms with Gasteiger partial charge in [-0.05, 0) is 39.9 Å². The summed E-state index contributed by atoms with van der Waals surface area (Å²) in [5.74, 6) is -0.850. The minimum Gasteiger partial charge on any atom is -0.467 e. The highest BCUT2D eigenvalue weighted by molar-refractivity contribution is 5.85. The highest BCUT2D eigenvalue weighted by Gasteiger charge is 2.30. The van der Waals surface area contributed by atoms with Crippen LogP contribution in [0.2, 0.25) is 0 Å². The molecule has 130 valence electrons. The molecular formula is C22H17FO3. The third-order valence-electron chi connectivity index (χ3n) is 4.66. The molecule has 0 fully saturated rings. The molecule has 0 aliphatic carbocycles. The fourth-order valence-electron chi connectivity index (χ4n) is 3.43. The fraction of sp³-hybridized carbons (Fsp3) is 0.136. The standard InChI is InChI=1S/C22H17FO3/c1-25-22(24)21-18-11-10-15(23)12-19(18)17-9-5-8-16(20(17)13-26-21)14-6-3-2-4-7-14/h2-12,21H,13H2,1H3. The lowest BCUT2D eigenvalue weighted by molar-refractivity contribution is -0.155. The van der Waals surface area contributed by atoms with Gasteiger partial charge in [-0.2, -0.15) is 0 Å². The molecule has 1 heterocycles. The summed E-state index contributed by atoms with van der Waals surface area (Å²) < 4.78 is 24.8. The van der Waals surface area contributed by atoms with Gasteiger partial charge >= 0.3 is 5.97 Å². The maximum Gasteiger partial charge on any atom is 0.339 e. The first-order valence-corrected chi connectivity index (χ1v) is 8.35. The van der Waals surface area contributed by atoms with E-state index in [0.29, 0.717) is 11.1 Å². The van der Waals surface area contributed by atoms with E-state index in [1.54, 1.807) is 6.07 Å². The summed E-state index contributed by atoms with van der Waals surface area (Å²) in [7, 11) is 1.32. The number of halogens is 1. The van der Waals surface area contributed by atoms with E-state index in [2.05, 4.69) is 0 Å². The van der Waals surface area contributed by atoms with E-state index in [1.165, 1.54) is 19.2 Å². The van der Waals surface area contributed by atoms with Crippen molar-refractivity contribution in [2.75, 3.05) is 7.11 Å². The van der Waals surface area contributed by atoms with Gasteiger partial charge in [0.15, 0.2) is 6.10 Å². The number of hydrogen-bond acceptors (Lipinski definition) is 3. The van der Waals surface area contributed by atoms with Gasteiger partial charge in [0, 0.05) is 5.56 Å². The summed E-state index contributed by atoms with van der Waals surface area (Å²) in [4.78, 5) is 12.2. The van der Waals surface area contributed by atoms with Gasteiger partial charge in [-0.15, -0.1) is 0 Å². The molecule has 3 aromatic carbocycles. The zero-order valence-corrected chi connectivity index (χ0v) is 14.2. The van der Waals surface area contributed by atoms with Gasteiger partial charge in [-0.25, -0.2) is 9.18 Å². The number of fused-ring (bicyclic) bond motifs is 3.